The Morgan fingerprint density at radius 3 is 2.89 bits per heavy atom. The molecule has 100 valence electrons. The summed E-state index contributed by atoms with van der Waals surface area (Å²) in [6.45, 7) is 5.09. The summed E-state index contributed by atoms with van der Waals surface area (Å²) in [6.07, 6.45) is 7.10. The number of nitrogens with zero attached hydrogens (tertiary/aromatic N) is 1. The Labute approximate surface area is 110 Å². The van der Waals surface area contributed by atoms with Crippen molar-refractivity contribution in [2.75, 3.05) is 6.61 Å². The van der Waals surface area contributed by atoms with E-state index in [1.165, 1.54) is 25.7 Å². The average molecular weight is 248 g/mol. The van der Waals surface area contributed by atoms with Crippen LogP contribution in [0.3, 0.4) is 0 Å². The molecule has 0 radical (unpaired) electrons. The highest BCUT2D eigenvalue weighted by atomic mass is 16.5. The van der Waals surface area contributed by atoms with Gasteiger partial charge in [-0.05, 0) is 37.2 Å². The maximum absolute atomic E-state index is 5.79. The van der Waals surface area contributed by atoms with Gasteiger partial charge in [0.1, 0.15) is 0 Å². The lowest BCUT2D eigenvalue weighted by Gasteiger charge is -2.26. The zero-order valence-electron chi connectivity index (χ0n) is 11.4. The predicted octanol–water partition coefficient (Wildman–Crippen LogP) is 3.31. The third-order valence-corrected chi connectivity index (χ3v) is 3.80. The van der Waals surface area contributed by atoms with E-state index < -0.39 is 0 Å². The SMILES string of the molecule is CC1CCCC(COc2ccc([C@H](C)N)cn2)C1. The second-order valence-electron chi connectivity index (χ2n) is 5.67. The maximum atomic E-state index is 5.79. The van der Waals surface area contributed by atoms with E-state index in [2.05, 4.69) is 11.9 Å². The molecule has 1 fully saturated rings. The fourth-order valence-corrected chi connectivity index (χ4v) is 2.66. The van der Waals surface area contributed by atoms with Gasteiger partial charge in [0.2, 0.25) is 5.88 Å². The van der Waals surface area contributed by atoms with E-state index in [1.54, 1.807) is 0 Å². The first-order valence-corrected chi connectivity index (χ1v) is 6.99. The molecule has 1 aliphatic carbocycles. The quantitative estimate of drug-likeness (QED) is 0.889. The molecule has 1 aromatic heterocycles. The number of aromatic nitrogens is 1. The lowest BCUT2D eigenvalue weighted by atomic mass is 9.83. The van der Waals surface area contributed by atoms with Crippen LogP contribution in [0.4, 0.5) is 0 Å². The average Bonchev–Trinajstić information content (AvgIpc) is 2.37. The van der Waals surface area contributed by atoms with Gasteiger partial charge in [-0.2, -0.15) is 0 Å². The van der Waals surface area contributed by atoms with Crippen molar-refractivity contribution in [3.63, 3.8) is 0 Å². The Morgan fingerprint density at radius 1 is 1.44 bits per heavy atom. The van der Waals surface area contributed by atoms with Crippen molar-refractivity contribution >= 4 is 0 Å². The van der Waals surface area contributed by atoms with E-state index in [4.69, 9.17) is 10.5 Å². The molecular formula is C15H24N2O. The summed E-state index contributed by atoms with van der Waals surface area (Å²) in [6, 6.07) is 3.95. The molecule has 2 N–H and O–H groups in total. The van der Waals surface area contributed by atoms with Crippen molar-refractivity contribution in [2.45, 2.75) is 45.6 Å². The van der Waals surface area contributed by atoms with Crippen LogP contribution in [0.25, 0.3) is 0 Å². The highest BCUT2D eigenvalue weighted by Crippen LogP contribution is 2.28. The molecule has 2 unspecified atom stereocenters. The molecule has 0 amide bonds. The van der Waals surface area contributed by atoms with Crippen LogP contribution in [-0.2, 0) is 0 Å². The van der Waals surface area contributed by atoms with Crippen molar-refractivity contribution in [1.82, 2.24) is 4.98 Å². The molecule has 1 aliphatic rings. The van der Waals surface area contributed by atoms with Gasteiger partial charge < -0.3 is 10.5 Å². The first kappa shape index (κ1) is 13.3. The van der Waals surface area contributed by atoms with Gasteiger partial charge in [0.05, 0.1) is 6.61 Å². The van der Waals surface area contributed by atoms with Gasteiger partial charge in [0.25, 0.3) is 0 Å². The van der Waals surface area contributed by atoms with Crippen LogP contribution in [-0.4, -0.2) is 11.6 Å². The van der Waals surface area contributed by atoms with Crippen LogP contribution in [0.2, 0.25) is 0 Å². The Bertz CT molecular complexity index is 361. The molecule has 0 saturated heterocycles. The van der Waals surface area contributed by atoms with Crippen LogP contribution in [0, 0.1) is 11.8 Å². The number of hydrogen-bond acceptors (Lipinski definition) is 3. The Hall–Kier alpha value is -1.09. The zero-order valence-corrected chi connectivity index (χ0v) is 11.4. The molecule has 0 aromatic carbocycles. The van der Waals surface area contributed by atoms with E-state index in [0.717, 1.165) is 24.0 Å². The number of pyridine rings is 1. The van der Waals surface area contributed by atoms with E-state index >= 15 is 0 Å². The number of hydrogen-bond donors (Lipinski definition) is 1. The monoisotopic (exact) mass is 248 g/mol. The molecule has 1 saturated carbocycles. The number of nitrogens with two attached hydrogens (primary N) is 1. The maximum Gasteiger partial charge on any atom is 0.213 e. The van der Waals surface area contributed by atoms with Crippen molar-refractivity contribution in [3.8, 4) is 5.88 Å². The molecule has 3 heteroatoms. The van der Waals surface area contributed by atoms with Gasteiger partial charge in [0.15, 0.2) is 0 Å². The Morgan fingerprint density at radius 2 is 2.28 bits per heavy atom. The van der Waals surface area contributed by atoms with Crippen LogP contribution >= 0.6 is 0 Å². The molecule has 18 heavy (non-hydrogen) atoms. The fourth-order valence-electron chi connectivity index (χ4n) is 2.66. The standard InChI is InChI=1S/C15H24N2O/c1-11-4-3-5-13(8-11)10-18-15-7-6-14(9-17-15)12(2)16/h6-7,9,11-13H,3-5,8,10,16H2,1-2H3/t11?,12-,13?/m0/s1. The molecule has 1 heterocycles. The highest BCUT2D eigenvalue weighted by Gasteiger charge is 2.19. The summed E-state index contributed by atoms with van der Waals surface area (Å²) >= 11 is 0. The molecule has 1 aromatic rings. The first-order valence-electron chi connectivity index (χ1n) is 6.99. The summed E-state index contributed by atoms with van der Waals surface area (Å²) < 4.78 is 5.78. The van der Waals surface area contributed by atoms with Crippen molar-refractivity contribution in [1.29, 1.82) is 0 Å². The molecule has 0 bridgehead atoms. The van der Waals surface area contributed by atoms with Crippen molar-refractivity contribution in [3.05, 3.63) is 23.9 Å². The zero-order chi connectivity index (χ0) is 13.0. The topological polar surface area (TPSA) is 48.1 Å². The van der Waals surface area contributed by atoms with Gasteiger partial charge in [-0.15, -0.1) is 0 Å². The normalized spacial score (nSPS) is 25.7. The smallest absolute Gasteiger partial charge is 0.213 e. The lowest BCUT2D eigenvalue weighted by Crippen LogP contribution is -2.20. The fraction of sp³-hybridized carbons (Fsp3) is 0.667. The minimum Gasteiger partial charge on any atom is -0.477 e. The van der Waals surface area contributed by atoms with E-state index in [9.17, 15) is 0 Å². The van der Waals surface area contributed by atoms with Gasteiger partial charge in [0, 0.05) is 18.3 Å². The van der Waals surface area contributed by atoms with Gasteiger partial charge in [-0.3, -0.25) is 0 Å². The molecule has 0 aliphatic heterocycles. The van der Waals surface area contributed by atoms with Crippen LogP contribution in [0.5, 0.6) is 5.88 Å². The van der Waals surface area contributed by atoms with Gasteiger partial charge in [-0.1, -0.05) is 25.8 Å². The predicted molar refractivity (Wildman–Crippen MR) is 73.5 cm³/mol. The summed E-state index contributed by atoms with van der Waals surface area (Å²) in [5, 5.41) is 0. The molecule has 3 atom stereocenters. The van der Waals surface area contributed by atoms with E-state index in [0.29, 0.717) is 5.92 Å². The summed E-state index contributed by atoms with van der Waals surface area (Å²) in [5.41, 5.74) is 6.84. The minimum absolute atomic E-state index is 0.0331. The van der Waals surface area contributed by atoms with Crippen molar-refractivity contribution < 1.29 is 4.74 Å². The minimum atomic E-state index is 0.0331. The van der Waals surface area contributed by atoms with Gasteiger partial charge in [-0.25, -0.2) is 4.98 Å². The summed E-state index contributed by atoms with van der Waals surface area (Å²) in [4.78, 5) is 4.30. The molecule has 0 spiro atoms. The summed E-state index contributed by atoms with van der Waals surface area (Å²) in [7, 11) is 0. The molecule has 3 nitrogen and oxygen atoms in total. The lowest BCUT2D eigenvalue weighted by molar-refractivity contribution is 0.177. The molecular weight excluding hydrogens is 224 g/mol. The number of ether oxygens (including phenoxy) is 1. The van der Waals surface area contributed by atoms with Crippen LogP contribution in [0.1, 0.15) is 51.1 Å². The van der Waals surface area contributed by atoms with Crippen molar-refractivity contribution in [2.24, 2.45) is 17.6 Å². The largest absolute Gasteiger partial charge is 0.477 e. The second-order valence-corrected chi connectivity index (χ2v) is 5.67. The van der Waals surface area contributed by atoms with E-state index in [-0.39, 0.29) is 6.04 Å². The highest BCUT2D eigenvalue weighted by molar-refractivity contribution is 5.19. The summed E-state index contributed by atoms with van der Waals surface area (Å²) in [5.74, 6) is 2.27. The third kappa shape index (κ3) is 3.70. The number of rotatable bonds is 4. The molecule has 2 rings (SSSR count). The van der Waals surface area contributed by atoms with Crippen LogP contribution in [0.15, 0.2) is 18.3 Å². The van der Waals surface area contributed by atoms with Gasteiger partial charge >= 0.3 is 0 Å². The Balaban J connectivity index is 1.82. The van der Waals surface area contributed by atoms with Crippen LogP contribution < -0.4 is 10.5 Å². The van der Waals surface area contributed by atoms with E-state index in [1.807, 2.05) is 25.3 Å². The first-order chi connectivity index (χ1) is 8.65. The third-order valence-electron chi connectivity index (χ3n) is 3.80. The second kappa shape index (κ2) is 6.19. The Kier molecular flexibility index (Phi) is 4.59.